The van der Waals surface area contributed by atoms with E-state index < -0.39 is 11.5 Å². The molecule has 3 rings (SSSR count). The lowest BCUT2D eigenvalue weighted by molar-refractivity contribution is -0.146. The molecule has 0 saturated heterocycles. The highest BCUT2D eigenvalue weighted by atomic mass is 16.4. The van der Waals surface area contributed by atoms with Crippen LogP contribution in [-0.4, -0.2) is 36.3 Å². The summed E-state index contributed by atoms with van der Waals surface area (Å²) in [7, 11) is 0. The van der Waals surface area contributed by atoms with Crippen LogP contribution < -0.4 is 0 Å². The molecule has 0 amide bonds. The van der Waals surface area contributed by atoms with Gasteiger partial charge in [0.1, 0.15) is 5.69 Å². The Balaban J connectivity index is 2.16. The van der Waals surface area contributed by atoms with Crippen LogP contribution in [0.2, 0.25) is 0 Å². The van der Waals surface area contributed by atoms with Gasteiger partial charge in [-0.15, -0.1) is 5.10 Å². The molecule has 21 heavy (non-hydrogen) atoms. The molecule has 0 fully saturated rings. The van der Waals surface area contributed by atoms with Gasteiger partial charge in [-0.25, -0.2) is 14.5 Å². The molecule has 7 nitrogen and oxygen atoms in total. The summed E-state index contributed by atoms with van der Waals surface area (Å²) in [6.45, 7) is 3.08. The van der Waals surface area contributed by atoms with E-state index in [0.717, 1.165) is 10.9 Å². The number of para-hydroxylation sites is 1. The maximum absolute atomic E-state index is 11.4. The summed E-state index contributed by atoms with van der Waals surface area (Å²) in [4.78, 5) is 15.9. The number of tetrazole rings is 1. The molecule has 2 aromatic heterocycles. The first kappa shape index (κ1) is 13.2. The maximum Gasteiger partial charge on any atom is 0.331 e. The normalized spacial score (nSPS) is 11.7. The van der Waals surface area contributed by atoms with Crippen molar-refractivity contribution in [2.24, 2.45) is 0 Å². The molecule has 0 atom stereocenters. The monoisotopic (exact) mass is 283 g/mol. The van der Waals surface area contributed by atoms with Crippen LogP contribution in [0, 0.1) is 0 Å². The molecular weight excluding hydrogens is 270 g/mol. The van der Waals surface area contributed by atoms with Crippen molar-refractivity contribution in [2.75, 3.05) is 0 Å². The molecule has 0 aliphatic carbocycles. The van der Waals surface area contributed by atoms with Crippen molar-refractivity contribution in [2.45, 2.75) is 19.4 Å². The van der Waals surface area contributed by atoms with Gasteiger partial charge in [0, 0.05) is 5.39 Å². The third-order valence-corrected chi connectivity index (χ3v) is 3.35. The minimum absolute atomic E-state index is 0.327. The number of carbonyl (C=O) groups is 1. The largest absolute Gasteiger partial charge is 0.479 e. The Morgan fingerprint density at radius 3 is 2.71 bits per heavy atom. The number of rotatable bonds is 3. The molecule has 7 heteroatoms. The third kappa shape index (κ3) is 2.12. The van der Waals surface area contributed by atoms with Crippen molar-refractivity contribution in [1.82, 2.24) is 25.2 Å². The SMILES string of the molecule is CC(C)(C(=O)O)n1nnnc1-c1ccc2ccccc2n1. The number of hydrogen-bond donors (Lipinski definition) is 1. The first-order valence-electron chi connectivity index (χ1n) is 6.38. The highest BCUT2D eigenvalue weighted by Crippen LogP contribution is 2.23. The van der Waals surface area contributed by atoms with Gasteiger partial charge in [-0.1, -0.05) is 24.3 Å². The average molecular weight is 283 g/mol. The van der Waals surface area contributed by atoms with Crippen molar-refractivity contribution in [3.05, 3.63) is 36.4 Å². The molecule has 0 spiro atoms. The molecule has 0 radical (unpaired) electrons. The van der Waals surface area contributed by atoms with Gasteiger partial charge in [-0.05, 0) is 36.4 Å². The second-order valence-corrected chi connectivity index (χ2v) is 5.17. The second kappa shape index (κ2) is 4.62. The molecule has 0 aliphatic rings. The number of nitrogens with zero attached hydrogens (tertiary/aromatic N) is 5. The van der Waals surface area contributed by atoms with Crippen molar-refractivity contribution in [3.63, 3.8) is 0 Å². The summed E-state index contributed by atoms with van der Waals surface area (Å²) in [6, 6.07) is 11.4. The van der Waals surface area contributed by atoms with Crippen LogP contribution in [0.5, 0.6) is 0 Å². The van der Waals surface area contributed by atoms with E-state index in [1.165, 1.54) is 18.5 Å². The molecular formula is C14H13N5O2. The number of benzene rings is 1. The first-order chi connectivity index (χ1) is 10.00. The predicted octanol–water partition coefficient (Wildman–Crippen LogP) is 1.71. The van der Waals surface area contributed by atoms with E-state index in [2.05, 4.69) is 20.5 Å². The minimum atomic E-state index is -1.26. The summed E-state index contributed by atoms with van der Waals surface area (Å²) in [5.41, 5.74) is 0.0808. The van der Waals surface area contributed by atoms with E-state index in [1.54, 1.807) is 6.07 Å². The molecule has 2 heterocycles. The fourth-order valence-electron chi connectivity index (χ4n) is 2.00. The third-order valence-electron chi connectivity index (χ3n) is 3.35. The molecule has 1 N–H and O–H groups in total. The van der Waals surface area contributed by atoms with E-state index in [1.807, 2.05) is 30.3 Å². The Labute approximate surface area is 120 Å². The van der Waals surface area contributed by atoms with Gasteiger partial charge in [-0.2, -0.15) is 0 Å². The predicted molar refractivity (Wildman–Crippen MR) is 75.5 cm³/mol. The van der Waals surface area contributed by atoms with E-state index >= 15 is 0 Å². The van der Waals surface area contributed by atoms with Crippen molar-refractivity contribution in [1.29, 1.82) is 0 Å². The number of carboxylic acid groups (broad SMARTS) is 1. The lowest BCUT2D eigenvalue weighted by Crippen LogP contribution is -2.37. The summed E-state index contributed by atoms with van der Waals surface area (Å²) < 4.78 is 1.27. The van der Waals surface area contributed by atoms with Crippen LogP contribution in [0.4, 0.5) is 0 Å². The van der Waals surface area contributed by atoms with Gasteiger partial charge in [-0.3, -0.25) is 0 Å². The Kier molecular flexibility index (Phi) is 2.90. The van der Waals surface area contributed by atoms with Gasteiger partial charge in [0.25, 0.3) is 0 Å². The number of carboxylic acids is 1. The van der Waals surface area contributed by atoms with Crippen molar-refractivity contribution < 1.29 is 9.90 Å². The average Bonchev–Trinajstić information content (AvgIpc) is 2.96. The quantitative estimate of drug-likeness (QED) is 0.786. The Bertz CT molecular complexity index is 825. The molecule has 1 aromatic carbocycles. The van der Waals surface area contributed by atoms with Gasteiger partial charge < -0.3 is 5.11 Å². The van der Waals surface area contributed by atoms with Crippen LogP contribution in [0.25, 0.3) is 22.4 Å². The molecule has 0 unspecified atom stereocenters. The van der Waals surface area contributed by atoms with Gasteiger partial charge in [0.05, 0.1) is 5.52 Å². The van der Waals surface area contributed by atoms with Crippen LogP contribution in [-0.2, 0) is 10.3 Å². The number of hydrogen-bond acceptors (Lipinski definition) is 5. The highest BCUT2D eigenvalue weighted by Gasteiger charge is 2.34. The number of aliphatic carboxylic acids is 1. The van der Waals surface area contributed by atoms with E-state index in [0.29, 0.717) is 11.5 Å². The van der Waals surface area contributed by atoms with Gasteiger partial charge in [0.15, 0.2) is 5.54 Å². The number of fused-ring (bicyclic) bond motifs is 1. The highest BCUT2D eigenvalue weighted by molar-refractivity contribution is 5.81. The van der Waals surface area contributed by atoms with E-state index in [4.69, 9.17) is 0 Å². The Hall–Kier alpha value is -2.83. The lowest BCUT2D eigenvalue weighted by atomic mass is 10.1. The molecule has 0 saturated carbocycles. The molecule has 0 aliphatic heterocycles. The summed E-state index contributed by atoms with van der Waals surface area (Å²) in [6.07, 6.45) is 0. The van der Waals surface area contributed by atoms with Crippen molar-refractivity contribution >= 4 is 16.9 Å². The van der Waals surface area contributed by atoms with Gasteiger partial charge >= 0.3 is 5.97 Å². The standard InChI is InChI=1S/C14H13N5O2/c1-14(2,13(20)21)19-12(16-17-18-19)11-8-7-9-5-3-4-6-10(9)15-11/h3-8H,1-2H3,(H,20,21). The van der Waals surface area contributed by atoms with Crippen LogP contribution in [0.15, 0.2) is 36.4 Å². The Morgan fingerprint density at radius 1 is 1.19 bits per heavy atom. The number of aromatic nitrogens is 5. The minimum Gasteiger partial charge on any atom is -0.479 e. The zero-order chi connectivity index (χ0) is 15.0. The summed E-state index contributed by atoms with van der Waals surface area (Å²) in [5, 5.41) is 21.6. The second-order valence-electron chi connectivity index (χ2n) is 5.17. The van der Waals surface area contributed by atoms with Crippen LogP contribution in [0.1, 0.15) is 13.8 Å². The van der Waals surface area contributed by atoms with Crippen LogP contribution in [0.3, 0.4) is 0 Å². The number of pyridine rings is 1. The smallest absolute Gasteiger partial charge is 0.331 e. The fraction of sp³-hybridized carbons (Fsp3) is 0.214. The molecule has 0 bridgehead atoms. The summed E-state index contributed by atoms with van der Waals surface area (Å²) in [5.74, 6) is -0.690. The first-order valence-corrected chi connectivity index (χ1v) is 6.38. The Morgan fingerprint density at radius 2 is 1.95 bits per heavy atom. The van der Waals surface area contributed by atoms with Gasteiger partial charge in [0.2, 0.25) is 5.82 Å². The topological polar surface area (TPSA) is 93.8 Å². The molecule has 3 aromatic rings. The zero-order valence-corrected chi connectivity index (χ0v) is 11.6. The zero-order valence-electron chi connectivity index (χ0n) is 11.6. The molecule has 106 valence electrons. The van der Waals surface area contributed by atoms with Crippen molar-refractivity contribution in [3.8, 4) is 11.5 Å². The van der Waals surface area contributed by atoms with Crippen LogP contribution >= 0.6 is 0 Å². The summed E-state index contributed by atoms with van der Waals surface area (Å²) >= 11 is 0. The fourth-order valence-corrected chi connectivity index (χ4v) is 2.00. The van der Waals surface area contributed by atoms with E-state index in [-0.39, 0.29) is 0 Å². The lowest BCUT2D eigenvalue weighted by Gasteiger charge is -2.20. The maximum atomic E-state index is 11.4. The van der Waals surface area contributed by atoms with E-state index in [9.17, 15) is 9.90 Å².